The van der Waals surface area contributed by atoms with E-state index in [4.69, 9.17) is 0 Å². The Labute approximate surface area is 143 Å². The number of carbonyl (C=O) groups excluding carboxylic acids is 1. The molecule has 0 aliphatic rings. The molecule has 1 aromatic heterocycles. The number of anilines is 2. The number of aromatic nitrogens is 1. The van der Waals surface area contributed by atoms with E-state index < -0.39 is 11.8 Å². The lowest BCUT2D eigenvalue weighted by Gasteiger charge is -2.13. The Hall–Kier alpha value is -2.35. The molecule has 2 aromatic rings. The monoisotopic (exact) mass is 352 g/mol. The first kappa shape index (κ1) is 18.0. The number of nitrogens with one attached hydrogen (secondary N) is 2. The molecule has 0 saturated carbocycles. The van der Waals surface area contributed by atoms with Crippen molar-refractivity contribution in [1.29, 1.82) is 0 Å². The largest absolute Gasteiger partial charge is 0.363 e. The van der Waals surface area contributed by atoms with Crippen LogP contribution in [0.5, 0.6) is 0 Å². The van der Waals surface area contributed by atoms with Crippen LogP contribution in [0.25, 0.3) is 0 Å². The number of amides is 2. The van der Waals surface area contributed by atoms with E-state index in [1.165, 1.54) is 6.07 Å². The van der Waals surface area contributed by atoms with Gasteiger partial charge >= 0.3 is 6.03 Å². The van der Waals surface area contributed by atoms with E-state index in [0.717, 1.165) is 11.4 Å². The molecule has 1 heterocycles. The number of carbonyl (C=O) groups is 1. The summed E-state index contributed by atoms with van der Waals surface area (Å²) >= 11 is 0.395. The van der Waals surface area contributed by atoms with Gasteiger partial charge in [-0.2, -0.15) is 8.78 Å². The molecule has 24 heavy (non-hydrogen) atoms. The minimum atomic E-state index is -2.54. The van der Waals surface area contributed by atoms with Crippen LogP contribution in [0.4, 0.5) is 25.1 Å². The SMILES string of the molecule is CN(C)c1ccc(CNC(=O)Nc2ccccc2SC(F)F)cn1. The van der Waals surface area contributed by atoms with Crippen molar-refractivity contribution in [2.24, 2.45) is 0 Å². The highest BCUT2D eigenvalue weighted by Crippen LogP contribution is 2.31. The maximum Gasteiger partial charge on any atom is 0.319 e. The van der Waals surface area contributed by atoms with Gasteiger partial charge in [-0.05, 0) is 23.8 Å². The highest BCUT2D eigenvalue weighted by atomic mass is 32.2. The maximum absolute atomic E-state index is 12.5. The van der Waals surface area contributed by atoms with Crippen molar-refractivity contribution in [1.82, 2.24) is 10.3 Å². The molecule has 5 nitrogen and oxygen atoms in total. The van der Waals surface area contributed by atoms with Crippen molar-refractivity contribution in [3.63, 3.8) is 0 Å². The molecule has 0 spiro atoms. The number of hydrogen-bond acceptors (Lipinski definition) is 4. The van der Waals surface area contributed by atoms with Gasteiger partial charge in [0.15, 0.2) is 0 Å². The fourth-order valence-electron chi connectivity index (χ4n) is 1.90. The lowest BCUT2D eigenvalue weighted by molar-refractivity contribution is 0.250. The average molecular weight is 352 g/mol. The average Bonchev–Trinajstić information content (AvgIpc) is 2.54. The summed E-state index contributed by atoms with van der Waals surface area (Å²) in [6.07, 6.45) is 1.68. The quantitative estimate of drug-likeness (QED) is 0.777. The zero-order chi connectivity index (χ0) is 17.5. The van der Waals surface area contributed by atoms with Crippen LogP contribution in [0.1, 0.15) is 5.56 Å². The Kier molecular flexibility index (Phi) is 6.36. The summed E-state index contributed by atoms with van der Waals surface area (Å²) in [6.45, 7) is 0.288. The third kappa shape index (κ3) is 5.38. The van der Waals surface area contributed by atoms with Crippen molar-refractivity contribution in [3.05, 3.63) is 48.2 Å². The van der Waals surface area contributed by atoms with Crippen LogP contribution in [0, 0.1) is 0 Å². The van der Waals surface area contributed by atoms with Crippen LogP contribution in [-0.2, 0) is 6.54 Å². The first-order valence-corrected chi connectivity index (χ1v) is 8.04. The summed E-state index contributed by atoms with van der Waals surface area (Å²) < 4.78 is 25.0. The van der Waals surface area contributed by atoms with Crippen molar-refractivity contribution < 1.29 is 13.6 Å². The van der Waals surface area contributed by atoms with E-state index in [0.29, 0.717) is 22.3 Å². The van der Waals surface area contributed by atoms with Gasteiger partial charge < -0.3 is 15.5 Å². The highest BCUT2D eigenvalue weighted by molar-refractivity contribution is 7.99. The molecule has 0 aliphatic heterocycles. The molecular weight excluding hydrogens is 334 g/mol. The fraction of sp³-hybridized carbons (Fsp3) is 0.250. The molecule has 128 valence electrons. The van der Waals surface area contributed by atoms with E-state index in [9.17, 15) is 13.6 Å². The molecule has 0 aliphatic carbocycles. The number of nitrogens with zero attached hydrogens (tertiary/aromatic N) is 2. The number of thioether (sulfide) groups is 1. The standard InChI is InChI=1S/C16H18F2N4OS/c1-22(2)14-8-7-11(9-19-14)10-20-16(23)21-12-5-3-4-6-13(12)24-15(17)18/h3-9,15H,10H2,1-2H3,(H2,20,21,23). The van der Waals surface area contributed by atoms with E-state index >= 15 is 0 Å². The molecule has 8 heteroatoms. The summed E-state index contributed by atoms with van der Waals surface area (Å²) in [5.41, 5.74) is 1.19. The molecular formula is C16H18F2N4OS. The second-order valence-corrected chi connectivity index (χ2v) is 6.13. The van der Waals surface area contributed by atoms with E-state index in [1.807, 2.05) is 31.1 Å². The molecule has 0 radical (unpaired) electrons. The highest BCUT2D eigenvalue weighted by Gasteiger charge is 2.11. The van der Waals surface area contributed by atoms with Crippen molar-refractivity contribution in [2.75, 3.05) is 24.3 Å². The van der Waals surface area contributed by atoms with Gasteiger partial charge in [-0.3, -0.25) is 0 Å². The van der Waals surface area contributed by atoms with Crippen molar-refractivity contribution in [3.8, 4) is 0 Å². The maximum atomic E-state index is 12.5. The zero-order valence-corrected chi connectivity index (χ0v) is 14.1. The molecule has 0 fully saturated rings. The van der Waals surface area contributed by atoms with Crippen LogP contribution < -0.4 is 15.5 Å². The molecule has 1 aromatic carbocycles. The van der Waals surface area contributed by atoms with Crippen LogP contribution in [-0.4, -0.2) is 30.9 Å². The Morgan fingerprint density at radius 3 is 2.62 bits per heavy atom. The number of rotatable bonds is 6. The third-order valence-corrected chi connectivity index (χ3v) is 3.86. The summed E-state index contributed by atoms with van der Waals surface area (Å²) in [5.74, 6) is -1.72. The van der Waals surface area contributed by atoms with Gasteiger partial charge in [-0.1, -0.05) is 30.0 Å². The normalized spacial score (nSPS) is 10.5. The van der Waals surface area contributed by atoms with Crippen LogP contribution >= 0.6 is 11.8 Å². The predicted octanol–water partition coefficient (Wildman–Crippen LogP) is 3.78. The smallest absolute Gasteiger partial charge is 0.319 e. The summed E-state index contributed by atoms with van der Waals surface area (Å²) in [6, 6.07) is 9.69. The first-order valence-electron chi connectivity index (χ1n) is 7.16. The van der Waals surface area contributed by atoms with Gasteiger partial charge in [0.25, 0.3) is 5.76 Å². The first-order chi connectivity index (χ1) is 11.5. The van der Waals surface area contributed by atoms with Gasteiger partial charge in [0, 0.05) is 31.7 Å². The van der Waals surface area contributed by atoms with Gasteiger partial charge in [0.05, 0.1) is 5.69 Å². The van der Waals surface area contributed by atoms with Gasteiger partial charge in [-0.15, -0.1) is 0 Å². The molecule has 0 saturated heterocycles. The zero-order valence-electron chi connectivity index (χ0n) is 13.3. The number of benzene rings is 1. The predicted molar refractivity (Wildman–Crippen MR) is 92.7 cm³/mol. The topological polar surface area (TPSA) is 57.3 Å². The Bertz CT molecular complexity index is 680. The fourth-order valence-corrected chi connectivity index (χ4v) is 2.50. The van der Waals surface area contributed by atoms with Gasteiger partial charge in [0.1, 0.15) is 5.82 Å². The molecule has 2 N–H and O–H groups in total. The lowest BCUT2D eigenvalue weighted by Crippen LogP contribution is -2.28. The second kappa shape index (κ2) is 8.49. The Morgan fingerprint density at radius 1 is 1.25 bits per heavy atom. The van der Waals surface area contributed by atoms with Gasteiger partial charge in [0.2, 0.25) is 0 Å². The van der Waals surface area contributed by atoms with Crippen molar-refractivity contribution in [2.45, 2.75) is 17.2 Å². The lowest BCUT2D eigenvalue weighted by atomic mass is 10.3. The second-order valence-electron chi connectivity index (χ2n) is 5.10. The summed E-state index contributed by atoms with van der Waals surface area (Å²) in [5, 5.41) is 5.26. The number of halogens is 2. The number of hydrogen-bond donors (Lipinski definition) is 2. The van der Waals surface area contributed by atoms with Crippen LogP contribution in [0.2, 0.25) is 0 Å². The van der Waals surface area contributed by atoms with Crippen LogP contribution in [0.15, 0.2) is 47.5 Å². The van der Waals surface area contributed by atoms with Crippen LogP contribution in [0.3, 0.4) is 0 Å². The molecule has 2 amide bonds. The number of pyridine rings is 1. The Morgan fingerprint density at radius 2 is 2.00 bits per heavy atom. The summed E-state index contributed by atoms with van der Waals surface area (Å²) in [4.78, 5) is 18.4. The van der Waals surface area contributed by atoms with E-state index in [2.05, 4.69) is 15.6 Å². The molecule has 0 unspecified atom stereocenters. The molecule has 0 atom stereocenters. The number of urea groups is 1. The molecule has 0 bridgehead atoms. The summed E-state index contributed by atoms with van der Waals surface area (Å²) in [7, 11) is 3.78. The van der Waals surface area contributed by atoms with Gasteiger partial charge in [-0.25, -0.2) is 9.78 Å². The van der Waals surface area contributed by atoms with Crippen molar-refractivity contribution >= 4 is 29.3 Å². The van der Waals surface area contributed by atoms with E-state index in [-0.39, 0.29) is 6.54 Å². The minimum absolute atomic E-state index is 0.288. The molecule has 2 rings (SSSR count). The number of alkyl halides is 2. The third-order valence-electron chi connectivity index (χ3n) is 3.07. The Balaban J connectivity index is 1.92. The minimum Gasteiger partial charge on any atom is -0.363 e. The van der Waals surface area contributed by atoms with E-state index in [1.54, 1.807) is 24.4 Å². The number of para-hydroxylation sites is 1.